The number of hydrogen-bond donors (Lipinski definition) is 4. The molecule has 1 saturated carbocycles. The number of urea groups is 1. The number of carbonyl (C=O) groups excluding carboxylic acids is 1. The van der Waals surface area contributed by atoms with E-state index in [0.717, 1.165) is 42.0 Å². The molecule has 0 radical (unpaired) electrons. The first-order valence-electron chi connectivity index (χ1n) is 11.5. The molecule has 2 amide bonds. The van der Waals surface area contributed by atoms with Crippen molar-refractivity contribution in [2.75, 3.05) is 5.32 Å². The van der Waals surface area contributed by atoms with Crippen LogP contribution in [0.2, 0.25) is 0 Å². The zero-order valence-electron chi connectivity index (χ0n) is 19.9. The number of hydrogen-bond acceptors (Lipinski definition) is 5. The van der Waals surface area contributed by atoms with Crippen molar-refractivity contribution in [3.05, 3.63) is 35.5 Å². The van der Waals surface area contributed by atoms with Crippen molar-refractivity contribution in [2.45, 2.75) is 88.9 Å². The summed E-state index contributed by atoms with van der Waals surface area (Å²) in [6.07, 6.45) is 2.75. The van der Waals surface area contributed by atoms with Crippen LogP contribution < -0.4 is 20.7 Å². The Morgan fingerprint density at radius 1 is 1.21 bits per heavy atom. The molecule has 1 aliphatic carbocycles. The topological polar surface area (TPSA) is 117 Å². The Hall–Kier alpha value is -2.59. The van der Waals surface area contributed by atoms with E-state index in [1.807, 2.05) is 24.6 Å². The lowest BCUT2D eigenvalue weighted by atomic mass is 10.0. The summed E-state index contributed by atoms with van der Waals surface area (Å²) in [5, 5.41) is 14.3. The van der Waals surface area contributed by atoms with Crippen molar-refractivity contribution < 1.29 is 13.2 Å². The second-order valence-corrected chi connectivity index (χ2v) is 12.0. The molecule has 0 spiro atoms. The predicted molar refractivity (Wildman–Crippen MR) is 128 cm³/mol. The maximum absolute atomic E-state index is 12.1. The van der Waals surface area contributed by atoms with E-state index in [9.17, 15) is 13.2 Å². The molecule has 4 rings (SSSR count). The second-order valence-electron chi connectivity index (χ2n) is 10.3. The number of rotatable bonds is 5. The van der Waals surface area contributed by atoms with Crippen molar-refractivity contribution in [3.63, 3.8) is 0 Å². The van der Waals surface area contributed by atoms with Crippen molar-refractivity contribution in [2.24, 2.45) is 0 Å². The minimum absolute atomic E-state index is 0.105. The first kappa shape index (κ1) is 23.6. The molecule has 1 fully saturated rings. The average Bonchev–Trinajstić information content (AvgIpc) is 3.39. The highest BCUT2D eigenvalue weighted by Crippen LogP contribution is 2.37. The van der Waals surface area contributed by atoms with Gasteiger partial charge in [0, 0.05) is 36.3 Å². The van der Waals surface area contributed by atoms with Gasteiger partial charge in [-0.25, -0.2) is 22.6 Å². The van der Waals surface area contributed by atoms with E-state index in [-0.39, 0.29) is 29.6 Å². The van der Waals surface area contributed by atoms with Crippen LogP contribution in [0.4, 0.5) is 16.3 Å². The van der Waals surface area contributed by atoms with Gasteiger partial charge in [-0.1, -0.05) is 0 Å². The fourth-order valence-electron chi connectivity index (χ4n) is 4.53. The minimum Gasteiger partial charge on any atom is -0.340 e. The van der Waals surface area contributed by atoms with E-state index < -0.39 is 10.0 Å². The van der Waals surface area contributed by atoms with Crippen molar-refractivity contribution >= 4 is 27.6 Å². The molecule has 0 bridgehead atoms. The lowest BCUT2D eigenvalue weighted by Gasteiger charge is -2.23. The van der Waals surface area contributed by atoms with Gasteiger partial charge in [0.25, 0.3) is 0 Å². The molecule has 0 unspecified atom stereocenters. The summed E-state index contributed by atoms with van der Waals surface area (Å²) in [5.74, 6) is 1.13. The van der Waals surface area contributed by atoms with Crippen LogP contribution in [0.25, 0.3) is 0 Å². The largest absolute Gasteiger partial charge is 0.340 e. The van der Waals surface area contributed by atoms with Crippen LogP contribution in [0.3, 0.4) is 0 Å². The molecule has 1 aromatic heterocycles. The highest BCUT2D eigenvalue weighted by atomic mass is 32.2. The Labute approximate surface area is 195 Å². The summed E-state index contributed by atoms with van der Waals surface area (Å²) in [6.45, 7) is 10.5. The molecule has 2 aromatic rings. The maximum atomic E-state index is 12.1. The predicted octanol–water partition coefficient (Wildman–Crippen LogP) is 3.52. The van der Waals surface area contributed by atoms with E-state index in [1.165, 1.54) is 0 Å². The smallest absolute Gasteiger partial charge is 0.315 e. The van der Waals surface area contributed by atoms with Crippen LogP contribution in [0.1, 0.15) is 71.1 Å². The average molecular weight is 475 g/mol. The van der Waals surface area contributed by atoms with Gasteiger partial charge in [0.1, 0.15) is 5.82 Å². The summed E-state index contributed by atoms with van der Waals surface area (Å²) in [4.78, 5) is 12.4. The third-order valence-corrected chi connectivity index (χ3v) is 7.55. The van der Waals surface area contributed by atoms with Gasteiger partial charge < -0.3 is 16.0 Å². The zero-order chi connectivity index (χ0) is 24.0. The van der Waals surface area contributed by atoms with E-state index in [1.54, 1.807) is 12.1 Å². The van der Waals surface area contributed by atoms with Gasteiger partial charge in [-0.05, 0) is 77.6 Å². The number of amides is 2. The number of carbonyl (C=O) groups is 1. The third kappa shape index (κ3) is 5.16. The number of nitrogens with zero attached hydrogens (tertiary/aromatic N) is 2. The molecule has 33 heavy (non-hydrogen) atoms. The first-order valence-corrected chi connectivity index (χ1v) is 13.0. The van der Waals surface area contributed by atoms with E-state index in [0.29, 0.717) is 11.4 Å². The van der Waals surface area contributed by atoms with Crippen molar-refractivity contribution in [3.8, 4) is 0 Å². The van der Waals surface area contributed by atoms with E-state index >= 15 is 0 Å². The monoisotopic (exact) mass is 474 g/mol. The number of nitrogens with one attached hydrogen (secondary N) is 4. The highest BCUT2D eigenvalue weighted by molar-refractivity contribution is 7.89. The van der Waals surface area contributed by atoms with Gasteiger partial charge >= 0.3 is 6.03 Å². The van der Waals surface area contributed by atoms with Crippen LogP contribution in [0.5, 0.6) is 0 Å². The van der Waals surface area contributed by atoms with Crippen LogP contribution in [0.15, 0.2) is 29.2 Å². The Balaban J connectivity index is 1.52. The van der Waals surface area contributed by atoms with E-state index in [4.69, 9.17) is 5.10 Å². The van der Waals surface area contributed by atoms with Crippen LogP contribution >= 0.6 is 0 Å². The lowest BCUT2D eigenvalue weighted by molar-refractivity contribution is 0.234. The standard InChI is InChI=1S/C23H34N6O3S/c1-14(2)25-22(30)27-18-7-6-15(10-18)19-12-21(29(28-19)23(3,4)5)26-17-8-9-20-16(11-17)13-24-33(20,31)32/h8-9,11-12,14-15,18,24,26H,6-7,10,13H2,1-5H3,(H2,25,27,30)/t15-,18+/m1/s1. The quantitative estimate of drug-likeness (QED) is 0.529. The molecular weight excluding hydrogens is 440 g/mol. The minimum atomic E-state index is -3.38. The van der Waals surface area contributed by atoms with Gasteiger partial charge in [0.2, 0.25) is 10.0 Å². The first-order chi connectivity index (χ1) is 15.4. The molecule has 9 nitrogen and oxygen atoms in total. The fraction of sp³-hybridized carbons (Fsp3) is 0.565. The number of aromatic nitrogens is 2. The normalized spacial score (nSPS) is 21.8. The molecule has 180 valence electrons. The maximum Gasteiger partial charge on any atom is 0.315 e. The molecule has 2 heterocycles. The fourth-order valence-corrected chi connectivity index (χ4v) is 5.75. The lowest BCUT2D eigenvalue weighted by Crippen LogP contribution is -2.43. The molecule has 1 aromatic carbocycles. The molecule has 2 atom stereocenters. The van der Waals surface area contributed by atoms with Crippen molar-refractivity contribution in [1.29, 1.82) is 0 Å². The summed E-state index contributed by atoms with van der Waals surface area (Å²) in [7, 11) is -3.38. The summed E-state index contributed by atoms with van der Waals surface area (Å²) < 4.78 is 28.6. The second kappa shape index (κ2) is 8.64. The van der Waals surface area contributed by atoms with Crippen LogP contribution in [-0.2, 0) is 22.1 Å². The number of fused-ring (bicyclic) bond motifs is 1. The Kier molecular flexibility index (Phi) is 6.17. The summed E-state index contributed by atoms with van der Waals surface area (Å²) in [5.41, 5.74) is 2.34. The molecule has 0 saturated heterocycles. The molecule has 1 aliphatic heterocycles. The SMILES string of the molecule is CC(C)NC(=O)N[C@H]1CC[C@@H](c2cc(Nc3ccc4c(c3)CNS4(=O)=O)n(C(C)(C)C)n2)C1. The van der Waals surface area contributed by atoms with E-state index in [2.05, 4.69) is 47.5 Å². The van der Waals surface area contributed by atoms with Gasteiger partial charge in [0.05, 0.1) is 16.1 Å². The number of sulfonamides is 1. The molecule has 2 aliphatic rings. The summed E-state index contributed by atoms with van der Waals surface area (Å²) in [6, 6.07) is 7.49. The van der Waals surface area contributed by atoms with Crippen LogP contribution in [0, 0.1) is 0 Å². The Morgan fingerprint density at radius 2 is 1.97 bits per heavy atom. The van der Waals surface area contributed by atoms with Gasteiger partial charge in [0.15, 0.2) is 0 Å². The Bertz CT molecular complexity index is 1150. The Morgan fingerprint density at radius 3 is 2.67 bits per heavy atom. The number of anilines is 2. The number of benzene rings is 1. The zero-order valence-corrected chi connectivity index (χ0v) is 20.7. The third-order valence-electron chi connectivity index (χ3n) is 6.04. The highest BCUT2D eigenvalue weighted by Gasteiger charge is 2.31. The molecule has 10 heteroatoms. The molecule has 4 N–H and O–H groups in total. The molecular formula is C23H34N6O3S. The van der Waals surface area contributed by atoms with Gasteiger partial charge in [-0.2, -0.15) is 5.10 Å². The van der Waals surface area contributed by atoms with Gasteiger partial charge in [-0.15, -0.1) is 0 Å². The van der Waals surface area contributed by atoms with Crippen molar-refractivity contribution in [1.82, 2.24) is 25.1 Å². The van der Waals surface area contributed by atoms with Crippen LogP contribution in [-0.4, -0.2) is 36.3 Å². The summed E-state index contributed by atoms with van der Waals surface area (Å²) >= 11 is 0. The van der Waals surface area contributed by atoms with Gasteiger partial charge in [-0.3, -0.25) is 0 Å².